The van der Waals surface area contributed by atoms with Crippen molar-refractivity contribution in [3.05, 3.63) is 28.2 Å². The highest BCUT2D eigenvalue weighted by Gasteiger charge is 2.25. The van der Waals surface area contributed by atoms with Gasteiger partial charge in [0.05, 0.1) is 6.10 Å². The molecular weight excluding hydrogens is 316 g/mol. The number of halogens is 1. The van der Waals surface area contributed by atoms with Crippen molar-refractivity contribution >= 4 is 21.6 Å². The number of piperidine rings is 1. The third-order valence-electron chi connectivity index (χ3n) is 3.98. The number of hydrogen-bond donors (Lipinski definition) is 2. The number of anilines is 1. The summed E-state index contributed by atoms with van der Waals surface area (Å²) in [6.45, 7) is 8.13. The van der Waals surface area contributed by atoms with Crippen LogP contribution in [0.1, 0.15) is 32.3 Å². The fraction of sp³-hybridized carbons (Fsp3) is 0.625. The van der Waals surface area contributed by atoms with E-state index in [2.05, 4.69) is 58.2 Å². The van der Waals surface area contributed by atoms with Crippen molar-refractivity contribution in [3.63, 3.8) is 0 Å². The summed E-state index contributed by atoms with van der Waals surface area (Å²) in [5, 5.41) is 13.4. The maximum Gasteiger partial charge on any atom is 0.0599 e. The van der Waals surface area contributed by atoms with Crippen molar-refractivity contribution in [1.82, 2.24) is 5.32 Å². The van der Waals surface area contributed by atoms with Crippen LogP contribution in [-0.2, 0) is 6.54 Å². The topological polar surface area (TPSA) is 35.5 Å². The minimum absolute atomic E-state index is 0.150. The molecule has 1 fully saturated rings. The lowest BCUT2D eigenvalue weighted by Gasteiger charge is -2.37. The second kappa shape index (κ2) is 7.43. The SMILES string of the molecule is CCCNCc1cc(Br)ccc1N1CCC(O)C(C)C1. The standard InChI is InChI=1S/C16H25BrN2O/c1-3-7-18-10-13-9-14(17)4-5-15(13)19-8-6-16(20)12(2)11-19/h4-5,9,12,16,18,20H,3,6-8,10-11H2,1-2H3. The smallest absolute Gasteiger partial charge is 0.0599 e. The lowest BCUT2D eigenvalue weighted by Crippen LogP contribution is -2.42. The monoisotopic (exact) mass is 340 g/mol. The van der Waals surface area contributed by atoms with Crippen LogP contribution in [0.4, 0.5) is 5.69 Å². The van der Waals surface area contributed by atoms with Crippen molar-refractivity contribution in [2.75, 3.05) is 24.5 Å². The van der Waals surface area contributed by atoms with Gasteiger partial charge in [-0.2, -0.15) is 0 Å². The molecule has 2 rings (SSSR count). The zero-order valence-electron chi connectivity index (χ0n) is 12.4. The second-order valence-electron chi connectivity index (χ2n) is 5.73. The van der Waals surface area contributed by atoms with Gasteiger partial charge in [-0.1, -0.05) is 29.8 Å². The molecule has 1 aromatic rings. The summed E-state index contributed by atoms with van der Waals surface area (Å²) in [4.78, 5) is 2.41. The predicted molar refractivity (Wildman–Crippen MR) is 88.1 cm³/mol. The number of aliphatic hydroxyl groups is 1. The highest BCUT2D eigenvalue weighted by molar-refractivity contribution is 9.10. The van der Waals surface area contributed by atoms with Crippen molar-refractivity contribution in [2.24, 2.45) is 5.92 Å². The third kappa shape index (κ3) is 3.96. The molecule has 2 unspecified atom stereocenters. The Hall–Kier alpha value is -0.580. The lowest BCUT2D eigenvalue weighted by molar-refractivity contribution is 0.0970. The molecule has 0 bridgehead atoms. The molecule has 0 aromatic heterocycles. The Morgan fingerprint density at radius 1 is 1.45 bits per heavy atom. The summed E-state index contributed by atoms with van der Waals surface area (Å²) in [5.74, 6) is 0.337. The first-order valence-corrected chi connectivity index (χ1v) is 8.33. The van der Waals surface area contributed by atoms with E-state index < -0.39 is 0 Å². The highest BCUT2D eigenvalue weighted by atomic mass is 79.9. The first-order chi connectivity index (χ1) is 9.61. The Bertz CT molecular complexity index is 438. The molecule has 1 aliphatic heterocycles. The first kappa shape index (κ1) is 15.8. The lowest BCUT2D eigenvalue weighted by atomic mass is 9.95. The Kier molecular flexibility index (Phi) is 5.87. The van der Waals surface area contributed by atoms with Crippen molar-refractivity contribution in [2.45, 2.75) is 39.3 Å². The zero-order chi connectivity index (χ0) is 14.5. The Morgan fingerprint density at radius 3 is 2.95 bits per heavy atom. The van der Waals surface area contributed by atoms with Crippen LogP contribution < -0.4 is 10.2 Å². The summed E-state index contributed by atoms with van der Waals surface area (Å²) >= 11 is 3.56. The fourth-order valence-electron chi connectivity index (χ4n) is 2.76. The van der Waals surface area contributed by atoms with Gasteiger partial charge in [-0.15, -0.1) is 0 Å². The number of nitrogens with one attached hydrogen (secondary N) is 1. The van der Waals surface area contributed by atoms with E-state index in [-0.39, 0.29) is 6.10 Å². The summed E-state index contributed by atoms with van der Waals surface area (Å²) in [6, 6.07) is 6.50. The van der Waals surface area contributed by atoms with E-state index in [1.54, 1.807) is 0 Å². The summed E-state index contributed by atoms with van der Waals surface area (Å²) < 4.78 is 1.12. The van der Waals surface area contributed by atoms with Gasteiger partial charge in [0, 0.05) is 29.8 Å². The molecule has 0 aliphatic carbocycles. The maximum atomic E-state index is 9.88. The first-order valence-electron chi connectivity index (χ1n) is 7.54. The van der Waals surface area contributed by atoms with Crippen molar-refractivity contribution in [1.29, 1.82) is 0 Å². The molecule has 0 spiro atoms. The van der Waals surface area contributed by atoms with Gasteiger partial charge in [-0.3, -0.25) is 0 Å². The van der Waals surface area contributed by atoms with E-state index in [4.69, 9.17) is 0 Å². The molecule has 0 radical (unpaired) electrons. The molecule has 112 valence electrons. The van der Waals surface area contributed by atoms with Gasteiger partial charge in [0.25, 0.3) is 0 Å². The van der Waals surface area contributed by atoms with Gasteiger partial charge < -0.3 is 15.3 Å². The van der Waals surface area contributed by atoms with Crippen LogP contribution in [0.5, 0.6) is 0 Å². The molecule has 1 heterocycles. The van der Waals surface area contributed by atoms with Gasteiger partial charge in [-0.05, 0) is 49.1 Å². The van der Waals surface area contributed by atoms with E-state index in [0.717, 1.165) is 43.5 Å². The molecule has 0 saturated carbocycles. The van der Waals surface area contributed by atoms with Crippen LogP contribution >= 0.6 is 15.9 Å². The number of hydrogen-bond acceptors (Lipinski definition) is 3. The van der Waals surface area contributed by atoms with Gasteiger partial charge in [-0.25, -0.2) is 0 Å². The van der Waals surface area contributed by atoms with Crippen LogP contribution in [-0.4, -0.2) is 30.8 Å². The molecule has 2 atom stereocenters. The normalized spacial score (nSPS) is 23.1. The quantitative estimate of drug-likeness (QED) is 0.808. The predicted octanol–water partition coefficient (Wildman–Crippen LogP) is 3.16. The Balaban J connectivity index is 2.13. The van der Waals surface area contributed by atoms with Gasteiger partial charge in [0.2, 0.25) is 0 Å². The van der Waals surface area contributed by atoms with Crippen LogP contribution in [0.15, 0.2) is 22.7 Å². The maximum absolute atomic E-state index is 9.88. The fourth-order valence-corrected chi connectivity index (χ4v) is 3.16. The molecule has 2 N–H and O–H groups in total. The summed E-state index contributed by atoms with van der Waals surface area (Å²) in [6.07, 6.45) is 1.86. The molecule has 0 amide bonds. The number of benzene rings is 1. The third-order valence-corrected chi connectivity index (χ3v) is 4.48. The molecular formula is C16H25BrN2O. The largest absolute Gasteiger partial charge is 0.393 e. The Labute approximate surface area is 130 Å². The van der Waals surface area contributed by atoms with E-state index >= 15 is 0 Å². The van der Waals surface area contributed by atoms with Crippen LogP contribution in [0.25, 0.3) is 0 Å². The van der Waals surface area contributed by atoms with Crippen LogP contribution in [0.3, 0.4) is 0 Å². The molecule has 1 aromatic carbocycles. The number of aliphatic hydroxyl groups excluding tert-OH is 1. The number of rotatable bonds is 5. The second-order valence-corrected chi connectivity index (χ2v) is 6.64. The van der Waals surface area contributed by atoms with Gasteiger partial charge >= 0.3 is 0 Å². The minimum atomic E-state index is -0.150. The number of nitrogens with zero attached hydrogens (tertiary/aromatic N) is 1. The Morgan fingerprint density at radius 2 is 2.25 bits per heavy atom. The van der Waals surface area contributed by atoms with Crippen molar-refractivity contribution < 1.29 is 5.11 Å². The van der Waals surface area contributed by atoms with Gasteiger partial charge in [0.15, 0.2) is 0 Å². The molecule has 20 heavy (non-hydrogen) atoms. The average Bonchev–Trinajstić information content (AvgIpc) is 2.43. The zero-order valence-corrected chi connectivity index (χ0v) is 14.0. The van der Waals surface area contributed by atoms with Gasteiger partial charge in [0.1, 0.15) is 0 Å². The van der Waals surface area contributed by atoms with Crippen LogP contribution in [0.2, 0.25) is 0 Å². The molecule has 3 nitrogen and oxygen atoms in total. The van der Waals surface area contributed by atoms with Crippen LogP contribution in [0, 0.1) is 5.92 Å². The van der Waals surface area contributed by atoms with E-state index in [1.807, 2.05) is 0 Å². The van der Waals surface area contributed by atoms with E-state index in [0.29, 0.717) is 5.92 Å². The summed E-state index contributed by atoms with van der Waals surface area (Å²) in [7, 11) is 0. The molecule has 4 heteroatoms. The van der Waals surface area contributed by atoms with E-state index in [1.165, 1.54) is 11.3 Å². The van der Waals surface area contributed by atoms with Crippen molar-refractivity contribution in [3.8, 4) is 0 Å². The minimum Gasteiger partial charge on any atom is -0.393 e. The molecule has 1 saturated heterocycles. The highest BCUT2D eigenvalue weighted by Crippen LogP contribution is 2.28. The van der Waals surface area contributed by atoms with E-state index in [9.17, 15) is 5.11 Å². The summed E-state index contributed by atoms with van der Waals surface area (Å²) in [5.41, 5.74) is 2.63. The average molecular weight is 341 g/mol. The molecule has 1 aliphatic rings.